The quantitative estimate of drug-likeness (QED) is 0.420. The molecule has 2 bridgehead atoms. The van der Waals surface area contributed by atoms with Crippen LogP contribution in [-0.2, 0) is 0 Å². The number of likely N-dealkylation sites (tertiary alicyclic amines) is 1. The van der Waals surface area contributed by atoms with E-state index in [-0.39, 0.29) is 23.8 Å². The van der Waals surface area contributed by atoms with Crippen LogP contribution in [0.3, 0.4) is 0 Å². The van der Waals surface area contributed by atoms with E-state index in [1.54, 1.807) is 24.5 Å². The molecule has 2 fully saturated rings. The molecule has 1 aromatic carbocycles. The van der Waals surface area contributed by atoms with E-state index in [1.807, 2.05) is 11.8 Å². The van der Waals surface area contributed by atoms with Gasteiger partial charge in [0.2, 0.25) is 5.95 Å². The summed E-state index contributed by atoms with van der Waals surface area (Å²) in [5.41, 5.74) is 1.23. The van der Waals surface area contributed by atoms with Crippen LogP contribution < -0.4 is 5.32 Å². The molecule has 3 heterocycles. The second-order valence-corrected chi connectivity index (χ2v) is 11.1. The highest BCUT2D eigenvalue weighted by molar-refractivity contribution is 9.10. The average Bonchev–Trinajstić information content (AvgIpc) is 3.49. The van der Waals surface area contributed by atoms with Gasteiger partial charge in [-0.15, -0.1) is 11.3 Å². The Bertz CT molecular complexity index is 1170. The lowest BCUT2D eigenvalue weighted by molar-refractivity contribution is 0.0602. The molecule has 1 saturated carbocycles. The molecule has 166 valence electrons. The lowest BCUT2D eigenvalue weighted by Gasteiger charge is -2.35. The number of piperidine rings is 1. The van der Waals surface area contributed by atoms with Crippen LogP contribution in [0.2, 0.25) is 0 Å². The molecule has 1 aliphatic carbocycles. The number of carbonyl (C=O) groups excluding carboxylic acids is 1. The maximum atomic E-state index is 13.8. The highest BCUT2D eigenvalue weighted by Gasteiger charge is 2.48. The van der Waals surface area contributed by atoms with Gasteiger partial charge in [-0.25, -0.2) is 19.3 Å². The topological polar surface area (TPSA) is 71.0 Å². The number of nitrogens with one attached hydrogen (secondary N) is 1. The summed E-state index contributed by atoms with van der Waals surface area (Å²) in [4.78, 5) is 29.7. The molecule has 0 spiro atoms. The molecule has 1 aliphatic heterocycles. The summed E-state index contributed by atoms with van der Waals surface area (Å²) in [5.74, 6) is 0.612. The van der Waals surface area contributed by atoms with Gasteiger partial charge in [0.05, 0.1) is 24.9 Å². The molecular formula is C22H20Br2FN5OS. The van der Waals surface area contributed by atoms with Gasteiger partial charge in [0.1, 0.15) is 11.5 Å². The summed E-state index contributed by atoms with van der Waals surface area (Å²) in [6, 6.07) is 5.09. The molecule has 32 heavy (non-hydrogen) atoms. The summed E-state index contributed by atoms with van der Waals surface area (Å²) >= 11 is 8.06. The van der Waals surface area contributed by atoms with Crippen molar-refractivity contribution in [1.82, 2.24) is 19.9 Å². The van der Waals surface area contributed by atoms with Gasteiger partial charge in [-0.1, -0.05) is 6.07 Å². The molecule has 3 atom stereocenters. The van der Waals surface area contributed by atoms with Crippen LogP contribution in [0.1, 0.15) is 34.8 Å². The molecule has 10 heteroatoms. The minimum absolute atomic E-state index is 0.0551. The third-order valence-corrected chi connectivity index (χ3v) is 8.22. The molecule has 1 saturated heterocycles. The van der Waals surface area contributed by atoms with Crippen molar-refractivity contribution >= 4 is 55.1 Å². The number of hydrogen-bond acceptors (Lipinski definition) is 6. The monoisotopic (exact) mass is 579 g/mol. The van der Waals surface area contributed by atoms with Gasteiger partial charge in [-0.05, 0) is 81.7 Å². The number of nitrogens with zero attached hydrogens (tertiary/aromatic N) is 4. The van der Waals surface area contributed by atoms with Crippen LogP contribution in [0.25, 0.3) is 10.4 Å². The Labute approximate surface area is 205 Å². The second-order valence-electron chi connectivity index (χ2n) is 8.15. The van der Waals surface area contributed by atoms with E-state index in [2.05, 4.69) is 52.1 Å². The van der Waals surface area contributed by atoms with Gasteiger partial charge in [0.25, 0.3) is 5.91 Å². The van der Waals surface area contributed by atoms with Crippen molar-refractivity contribution in [2.24, 2.45) is 5.92 Å². The number of carbonyl (C=O) groups is 1. The molecule has 2 aliphatic rings. The first-order chi connectivity index (χ1) is 15.4. The number of fused-ring (bicyclic) bond motifs is 2. The summed E-state index contributed by atoms with van der Waals surface area (Å²) in [6.07, 6.45) is 6.55. The number of benzene rings is 1. The number of rotatable bonds is 5. The SMILES string of the molecule is Cc1nc(C(=O)N2[C@@H]3CC[C@@H](C3)[C@H]2CNc2ncc(Br)cn2)c(-c2ccc(F)c(Br)c2)s1. The van der Waals surface area contributed by atoms with Gasteiger partial charge in [0.15, 0.2) is 0 Å². The van der Waals surface area contributed by atoms with Gasteiger partial charge in [-0.3, -0.25) is 4.79 Å². The van der Waals surface area contributed by atoms with Gasteiger partial charge in [0, 0.05) is 25.0 Å². The summed E-state index contributed by atoms with van der Waals surface area (Å²) in [5, 5.41) is 4.11. The molecule has 6 nitrogen and oxygen atoms in total. The van der Waals surface area contributed by atoms with Crippen LogP contribution in [0.4, 0.5) is 10.3 Å². The fraction of sp³-hybridized carbons (Fsp3) is 0.364. The normalized spacial score (nSPS) is 21.9. The first-order valence-corrected chi connectivity index (χ1v) is 12.8. The molecule has 1 amide bonds. The number of thiazole rings is 1. The zero-order chi connectivity index (χ0) is 22.4. The smallest absolute Gasteiger partial charge is 0.274 e. The average molecular weight is 581 g/mol. The summed E-state index contributed by atoms with van der Waals surface area (Å²) in [7, 11) is 0. The molecule has 0 radical (unpaired) electrons. The number of aromatic nitrogens is 3. The number of anilines is 1. The van der Waals surface area contributed by atoms with E-state index in [0.29, 0.717) is 28.6 Å². The van der Waals surface area contributed by atoms with E-state index in [0.717, 1.165) is 39.2 Å². The molecule has 1 N–H and O–H groups in total. The standard InChI is InChI=1S/C22H20Br2FN5OS/c1-11-29-19(20(32-11)13-3-5-17(25)16(24)7-13)21(31)30-15-4-2-12(6-15)18(30)10-28-22-26-8-14(23)9-27-22/h3,5,7-9,12,15,18H,2,4,6,10H2,1H3,(H,26,27,28)/t12-,15+,18+/m0/s1. The summed E-state index contributed by atoms with van der Waals surface area (Å²) < 4.78 is 15.0. The second kappa shape index (κ2) is 8.79. The van der Waals surface area contributed by atoms with Crippen LogP contribution >= 0.6 is 43.2 Å². The number of amides is 1. The van der Waals surface area contributed by atoms with E-state index < -0.39 is 0 Å². The zero-order valence-electron chi connectivity index (χ0n) is 17.2. The number of aryl methyl sites for hydroxylation is 1. The summed E-state index contributed by atoms with van der Waals surface area (Å²) in [6.45, 7) is 2.48. The minimum atomic E-state index is -0.332. The third-order valence-electron chi connectivity index (χ3n) is 6.18. The zero-order valence-corrected chi connectivity index (χ0v) is 21.2. The fourth-order valence-corrected chi connectivity index (χ4v) is 6.29. The fourth-order valence-electron chi connectivity index (χ4n) is 4.80. The van der Waals surface area contributed by atoms with Gasteiger partial charge in [-0.2, -0.15) is 0 Å². The lowest BCUT2D eigenvalue weighted by Crippen LogP contribution is -2.48. The molecular weight excluding hydrogens is 561 g/mol. The van der Waals surface area contributed by atoms with Crippen LogP contribution in [0, 0.1) is 18.7 Å². The highest BCUT2D eigenvalue weighted by atomic mass is 79.9. The maximum Gasteiger partial charge on any atom is 0.274 e. The molecule has 5 rings (SSSR count). The number of hydrogen-bond donors (Lipinski definition) is 1. The van der Waals surface area contributed by atoms with E-state index in [4.69, 9.17) is 0 Å². The minimum Gasteiger partial charge on any atom is -0.352 e. The van der Waals surface area contributed by atoms with Crippen molar-refractivity contribution in [3.63, 3.8) is 0 Å². The van der Waals surface area contributed by atoms with Gasteiger partial charge < -0.3 is 10.2 Å². The lowest BCUT2D eigenvalue weighted by atomic mass is 9.98. The van der Waals surface area contributed by atoms with Gasteiger partial charge >= 0.3 is 0 Å². The third kappa shape index (κ3) is 4.08. The highest BCUT2D eigenvalue weighted by Crippen LogP contribution is 2.44. The first kappa shape index (κ1) is 21.9. The van der Waals surface area contributed by atoms with E-state index >= 15 is 0 Å². The predicted molar refractivity (Wildman–Crippen MR) is 129 cm³/mol. The Morgan fingerprint density at radius 2 is 2.06 bits per heavy atom. The Hall–Kier alpha value is -1.91. The van der Waals surface area contributed by atoms with Crippen LogP contribution in [-0.4, -0.2) is 44.4 Å². The largest absolute Gasteiger partial charge is 0.352 e. The Kier molecular flexibility index (Phi) is 6.02. The van der Waals surface area contributed by atoms with Crippen LogP contribution in [0.15, 0.2) is 39.5 Å². The van der Waals surface area contributed by atoms with E-state index in [1.165, 1.54) is 17.4 Å². The predicted octanol–water partition coefficient (Wildman–Crippen LogP) is 5.68. The van der Waals surface area contributed by atoms with Crippen molar-refractivity contribution in [2.75, 3.05) is 11.9 Å². The molecule has 3 aromatic rings. The van der Waals surface area contributed by atoms with Crippen molar-refractivity contribution in [2.45, 2.75) is 38.3 Å². The maximum absolute atomic E-state index is 13.8. The molecule has 2 aromatic heterocycles. The Morgan fingerprint density at radius 1 is 1.28 bits per heavy atom. The Balaban J connectivity index is 1.42. The molecule has 0 unspecified atom stereocenters. The first-order valence-electron chi connectivity index (χ1n) is 10.4. The van der Waals surface area contributed by atoms with Crippen molar-refractivity contribution < 1.29 is 9.18 Å². The van der Waals surface area contributed by atoms with Crippen molar-refractivity contribution in [1.29, 1.82) is 0 Å². The Morgan fingerprint density at radius 3 is 2.81 bits per heavy atom. The number of halogens is 3. The van der Waals surface area contributed by atoms with Crippen LogP contribution in [0.5, 0.6) is 0 Å². The van der Waals surface area contributed by atoms with Crippen molar-refractivity contribution in [3.8, 4) is 10.4 Å². The van der Waals surface area contributed by atoms with E-state index in [9.17, 15) is 9.18 Å². The van der Waals surface area contributed by atoms with Crippen molar-refractivity contribution in [3.05, 3.63) is 56.1 Å².